The minimum Gasteiger partial charge on any atom is -0.496 e. The molecule has 1 N–H and O–H groups in total. The summed E-state index contributed by atoms with van der Waals surface area (Å²) in [6.07, 6.45) is 0. The molecule has 3 rings (SSSR count). The van der Waals surface area contributed by atoms with Gasteiger partial charge in [-0.25, -0.2) is 0 Å². The predicted octanol–water partition coefficient (Wildman–Crippen LogP) is 2.49. The summed E-state index contributed by atoms with van der Waals surface area (Å²) in [6, 6.07) is 7.85. The molecule has 0 saturated heterocycles. The summed E-state index contributed by atoms with van der Waals surface area (Å²) >= 11 is 0. The third-order valence-corrected chi connectivity index (χ3v) is 4.36. The molecular weight excluding hydrogens is 336 g/mol. The summed E-state index contributed by atoms with van der Waals surface area (Å²) < 4.78 is 10.6. The van der Waals surface area contributed by atoms with Crippen LogP contribution in [0.5, 0.6) is 11.5 Å². The number of rotatable bonds is 4. The Morgan fingerprint density at radius 3 is 2.12 bits per heavy atom. The first-order chi connectivity index (χ1) is 12.4. The van der Waals surface area contributed by atoms with Gasteiger partial charge in [0, 0.05) is 23.9 Å². The molecule has 0 atom stereocenters. The van der Waals surface area contributed by atoms with Crippen molar-refractivity contribution in [3.05, 3.63) is 52.6 Å². The largest absolute Gasteiger partial charge is 0.496 e. The number of amides is 3. The summed E-state index contributed by atoms with van der Waals surface area (Å²) in [5.41, 5.74) is 2.16. The first kappa shape index (κ1) is 17.5. The molecular formula is C19H18N2O5. The third kappa shape index (κ3) is 2.77. The summed E-state index contributed by atoms with van der Waals surface area (Å²) in [5.74, 6) is -0.0564. The zero-order valence-corrected chi connectivity index (χ0v) is 14.9. The van der Waals surface area contributed by atoms with Crippen LogP contribution in [0.2, 0.25) is 0 Å². The first-order valence-electron chi connectivity index (χ1n) is 7.87. The third-order valence-electron chi connectivity index (χ3n) is 4.36. The van der Waals surface area contributed by atoms with Gasteiger partial charge >= 0.3 is 0 Å². The molecule has 134 valence electrons. The van der Waals surface area contributed by atoms with E-state index in [1.165, 1.54) is 33.4 Å². The number of ether oxygens (including phenoxy) is 2. The number of hydrogen-bond donors (Lipinski definition) is 1. The topological polar surface area (TPSA) is 84.9 Å². The Kier molecular flexibility index (Phi) is 4.38. The number of hydrogen-bond acceptors (Lipinski definition) is 5. The Morgan fingerprint density at radius 1 is 0.962 bits per heavy atom. The van der Waals surface area contributed by atoms with Crippen molar-refractivity contribution in [2.45, 2.75) is 6.92 Å². The van der Waals surface area contributed by atoms with Gasteiger partial charge in [-0.3, -0.25) is 19.3 Å². The molecule has 0 aliphatic carbocycles. The van der Waals surface area contributed by atoms with Crippen LogP contribution in [0.15, 0.2) is 30.3 Å². The lowest BCUT2D eigenvalue weighted by Gasteiger charge is -2.13. The number of imide groups is 1. The van der Waals surface area contributed by atoms with Crippen molar-refractivity contribution < 1.29 is 23.9 Å². The van der Waals surface area contributed by atoms with Crippen LogP contribution in [-0.2, 0) is 0 Å². The van der Waals surface area contributed by atoms with E-state index < -0.39 is 0 Å². The number of methoxy groups -OCH3 is 2. The van der Waals surface area contributed by atoms with Crippen LogP contribution >= 0.6 is 0 Å². The van der Waals surface area contributed by atoms with Crippen LogP contribution in [0, 0.1) is 6.92 Å². The standard InChI is InChI=1S/C19H18N2O5/c1-10-15(25-3)7-11(8-16(10)26-4)17(22)20-12-5-6-13-14(9-12)19(24)21(2)18(13)23/h5-9H,1-4H3,(H,20,22). The first-order valence-corrected chi connectivity index (χ1v) is 7.87. The van der Waals surface area contributed by atoms with Crippen LogP contribution in [0.4, 0.5) is 5.69 Å². The van der Waals surface area contributed by atoms with E-state index in [4.69, 9.17) is 9.47 Å². The SMILES string of the molecule is COc1cc(C(=O)Nc2ccc3c(c2)C(=O)N(C)C3=O)cc(OC)c1C. The molecule has 1 aliphatic heterocycles. The van der Waals surface area contributed by atoms with E-state index in [2.05, 4.69) is 5.32 Å². The highest BCUT2D eigenvalue weighted by atomic mass is 16.5. The number of carbonyl (C=O) groups is 3. The number of fused-ring (bicyclic) bond motifs is 1. The van der Waals surface area contributed by atoms with Gasteiger partial charge < -0.3 is 14.8 Å². The Morgan fingerprint density at radius 2 is 1.54 bits per heavy atom. The van der Waals surface area contributed by atoms with Gasteiger partial charge in [0.25, 0.3) is 17.7 Å². The predicted molar refractivity (Wildman–Crippen MR) is 95.1 cm³/mol. The minimum absolute atomic E-state index is 0.273. The van der Waals surface area contributed by atoms with E-state index >= 15 is 0 Å². The van der Waals surface area contributed by atoms with Crippen molar-refractivity contribution in [2.24, 2.45) is 0 Å². The summed E-state index contributed by atoms with van der Waals surface area (Å²) in [4.78, 5) is 37.6. The molecule has 26 heavy (non-hydrogen) atoms. The lowest BCUT2D eigenvalue weighted by Crippen LogP contribution is -2.24. The maximum Gasteiger partial charge on any atom is 0.261 e. The number of nitrogens with one attached hydrogen (secondary N) is 1. The van der Waals surface area contributed by atoms with E-state index in [1.807, 2.05) is 6.92 Å². The van der Waals surface area contributed by atoms with Crippen molar-refractivity contribution in [2.75, 3.05) is 26.6 Å². The monoisotopic (exact) mass is 354 g/mol. The zero-order chi connectivity index (χ0) is 19.0. The van der Waals surface area contributed by atoms with Gasteiger partial charge in [-0.05, 0) is 37.3 Å². The van der Waals surface area contributed by atoms with Crippen LogP contribution in [-0.4, -0.2) is 43.9 Å². The molecule has 2 aromatic rings. The second-order valence-corrected chi connectivity index (χ2v) is 5.89. The molecule has 1 heterocycles. The van der Waals surface area contributed by atoms with E-state index in [9.17, 15) is 14.4 Å². The summed E-state index contributed by atoms with van der Waals surface area (Å²) in [7, 11) is 4.46. The van der Waals surface area contributed by atoms with Gasteiger partial charge in [-0.15, -0.1) is 0 Å². The van der Waals surface area contributed by atoms with Crippen molar-refractivity contribution in [3.8, 4) is 11.5 Å². The van der Waals surface area contributed by atoms with Crippen LogP contribution < -0.4 is 14.8 Å². The van der Waals surface area contributed by atoms with E-state index in [0.717, 1.165) is 10.5 Å². The van der Waals surface area contributed by atoms with Gasteiger partial charge in [0.1, 0.15) is 11.5 Å². The summed E-state index contributed by atoms with van der Waals surface area (Å²) in [6.45, 7) is 1.83. The fourth-order valence-electron chi connectivity index (χ4n) is 2.86. The minimum atomic E-state index is -0.389. The maximum atomic E-state index is 12.6. The van der Waals surface area contributed by atoms with E-state index in [1.54, 1.807) is 18.2 Å². The molecule has 0 spiro atoms. The van der Waals surface area contributed by atoms with Crippen molar-refractivity contribution in [1.29, 1.82) is 0 Å². The van der Waals surface area contributed by atoms with Crippen molar-refractivity contribution >= 4 is 23.4 Å². The molecule has 0 bridgehead atoms. The fraction of sp³-hybridized carbons (Fsp3) is 0.211. The molecule has 0 fully saturated rings. The van der Waals surface area contributed by atoms with E-state index in [-0.39, 0.29) is 23.3 Å². The molecule has 3 amide bonds. The Labute approximate surface area is 150 Å². The normalized spacial score (nSPS) is 12.8. The lowest BCUT2D eigenvalue weighted by molar-refractivity contribution is 0.0692. The second kappa shape index (κ2) is 6.51. The number of benzene rings is 2. The molecule has 1 aliphatic rings. The molecule has 2 aromatic carbocycles. The molecule has 0 aromatic heterocycles. The highest BCUT2D eigenvalue weighted by Gasteiger charge is 2.32. The molecule has 7 nitrogen and oxygen atoms in total. The van der Waals surface area contributed by atoms with Gasteiger partial charge in [-0.1, -0.05) is 0 Å². The highest BCUT2D eigenvalue weighted by Crippen LogP contribution is 2.30. The van der Waals surface area contributed by atoms with Crippen molar-refractivity contribution in [3.63, 3.8) is 0 Å². The maximum absolute atomic E-state index is 12.6. The molecule has 0 unspecified atom stereocenters. The van der Waals surface area contributed by atoms with Gasteiger partial charge in [0.05, 0.1) is 25.3 Å². The lowest BCUT2D eigenvalue weighted by atomic mass is 10.1. The Hall–Kier alpha value is -3.35. The molecule has 0 radical (unpaired) electrons. The van der Waals surface area contributed by atoms with Gasteiger partial charge in [0.15, 0.2) is 0 Å². The molecule has 0 saturated carbocycles. The van der Waals surface area contributed by atoms with Crippen LogP contribution in [0.3, 0.4) is 0 Å². The van der Waals surface area contributed by atoms with Crippen LogP contribution in [0.1, 0.15) is 36.6 Å². The van der Waals surface area contributed by atoms with Crippen molar-refractivity contribution in [1.82, 2.24) is 4.90 Å². The van der Waals surface area contributed by atoms with Gasteiger partial charge in [-0.2, -0.15) is 0 Å². The average Bonchev–Trinajstić information content (AvgIpc) is 2.86. The molecule has 7 heteroatoms. The number of carbonyl (C=O) groups excluding carboxylic acids is 3. The summed E-state index contributed by atoms with van der Waals surface area (Å²) in [5, 5.41) is 2.73. The van der Waals surface area contributed by atoms with Crippen LogP contribution in [0.25, 0.3) is 0 Å². The number of anilines is 1. The smallest absolute Gasteiger partial charge is 0.261 e. The Balaban J connectivity index is 1.90. The zero-order valence-electron chi connectivity index (χ0n) is 14.9. The second-order valence-electron chi connectivity index (χ2n) is 5.89. The highest BCUT2D eigenvalue weighted by molar-refractivity contribution is 6.21. The Bertz CT molecular complexity index is 911. The fourth-order valence-corrected chi connectivity index (χ4v) is 2.86. The van der Waals surface area contributed by atoms with E-state index in [0.29, 0.717) is 28.3 Å². The van der Waals surface area contributed by atoms with Gasteiger partial charge in [0.2, 0.25) is 0 Å². The number of nitrogens with zero attached hydrogens (tertiary/aromatic N) is 1. The quantitative estimate of drug-likeness (QED) is 0.853. The average molecular weight is 354 g/mol.